The molecule has 5 aliphatic rings. The number of nitrogens with one attached hydrogen (secondary N) is 1. The molecule has 3 unspecified atom stereocenters. The summed E-state index contributed by atoms with van der Waals surface area (Å²) < 4.78 is 11.1. The Morgan fingerprint density at radius 1 is 1.12 bits per heavy atom. The lowest BCUT2D eigenvalue weighted by Gasteiger charge is -2.57. The number of piperidine rings is 1. The van der Waals surface area contributed by atoms with Crippen LogP contribution in [0, 0.1) is 5.41 Å². The first-order valence-corrected chi connectivity index (χ1v) is 11.8. The highest BCUT2D eigenvalue weighted by Gasteiger charge is 2.59. The van der Waals surface area contributed by atoms with Crippen LogP contribution in [0.25, 0.3) is 0 Å². The SMILES string of the molecule is Cl.Cl.OCCOCCOCCC1CCC23C=CC=CC2(N1)C1=CCC=CC1=CN1CC=NC=C13. The Morgan fingerprint density at radius 2 is 1.94 bits per heavy atom. The molecule has 1 saturated heterocycles. The lowest BCUT2D eigenvalue weighted by molar-refractivity contribution is 0.0269. The van der Waals surface area contributed by atoms with Crippen molar-refractivity contribution in [2.45, 2.75) is 37.3 Å². The molecule has 0 saturated carbocycles. The van der Waals surface area contributed by atoms with Gasteiger partial charge in [0, 0.05) is 37.0 Å². The number of aliphatic imine (C=N–C) groups is 1. The van der Waals surface area contributed by atoms with Gasteiger partial charge in [0.2, 0.25) is 0 Å². The third kappa shape index (κ3) is 4.72. The monoisotopic (exact) mass is 507 g/mol. The quantitative estimate of drug-likeness (QED) is 0.488. The molecular formula is C26H35Cl2N3O3. The van der Waals surface area contributed by atoms with E-state index in [1.165, 1.54) is 16.8 Å². The van der Waals surface area contributed by atoms with E-state index < -0.39 is 0 Å². The highest BCUT2D eigenvalue weighted by Crippen LogP contribution is 2.58. The van der Waals surface area contributed by atoms with Gasteiger partial charge >= 0.3 is 0 Å². The average Bonchev–Trinajstić information content (AvgIpc) is 2.94. The first kappa shape index (κ1) is 26.9. The zero-order valence-corrected chi connectivity index (χ0v) is 21.0. The van der Waals surface area contributed by atoms with Gasteiger partial charge in [-0.25, -0.2) is 0 Å². The van der Waals surface area contributed by atoms with Crippen molar-refractivity contribution >= 4 is 31.0 Å². The maximum Gasteiger partial charge on any atom is 0.0777 e. The van der Waals surface area contributed by atoms with E-state index in [-0.39, 0.29) is 42.4 Å². The molecule has 0 aromatic carbocycles. The zero-order valence-electron chi connectivity index (χ0n) is 19.4. The third-order valence-corrected chi connectivity index (χ3v) is 7.21. The highest BCUT2D eigenvalue weighted by atomic mass is 35.5. The van der Waals surface area contributed by atoms with E-state index in [9.17, 15) is 0 Å². The summed E-state index contributed by atoms with van der Waals surface area (Å²) in [6, 6.07) is 0.366. The fourth-order valence-corrected chi connectivity index (χ4v) is 5.79. The molecular weight excluding hydrogens is 473 g/mol. The van der Waals surface area contributed by atoms with Crippen LogP contribution in [0.3, 0.4) is 0 Å². The van der Waals surface area contributed by atoms with Crippen molar-refractivity contribution < 1.29 is 14.6 Å². The molecule has 3 atom stereocenters. The first-order chi connectivity index (χ1) is 15.8. The van der Waals surface area contributed by atoms with Gasteiger partial charge in [0.15, 0.2) is 0 Å². The molecule has 0 bridgehead atoms. The summed E-state index contributed by atoms with van der Waals surface area (Å²) in [7, 11) is 0. The number of fused-ring (bicyclic) bond motifs is 2. The Balaban J connectivity index is 0.00000162. The third-order valence-electron chi connectivity index (χ3n) is 7.21. The molecule has 2 N–H and O–H groups in total. The summed E-state index contributed by atoms with van der Waals surface area (Å²) in [6.45, 7) is 3.02. The van der Waals surface area contributed by atoms with Crippen LogP contribution < -0.4 is 5.32 Å². The van der Waals surface area contributed by atoms with Gasteiger partial charge in [-0.1, -0.05) is 42.5 Å². The number of allylic oxidation sites excluding steroid dienone is 5. The predicted molar refractivity (Wildman–Crippen MR) is 141 cm³/mol. The fraction of sp³-hybridized carbons (Fsp3) is 0.500. The minimum Gasteiger partial charge on any atom is -0.394 e. The topological polar surface area (TPSA) is 66.3 Å². The molecule has 0 radical (unpaired) electrons. The second kappa shape index (κ2) is 11.8. The predicted octanol–water partition coefficient (Wildman–Crippen LogP) is 3.86. The first-order valence-electron chi connectivity index (χ1n) is 11.8. The number of hydrogen-bond donors (Lipinski definition) is 2. The Hall–Kier alpha value is -1.67. The number of nitrogens with zero attached hydrogens (tertiary/aromatic N) is 2. The molecule has 0 amide bonds. The highest BCUT2D eigenvalue weighted by molar-refractivity contribution is 5.85. The van der Waals surface area contributed by atoms with Crippen molar-refractivity contribution in [3.8, 4) is 0 Å². The van der Waals surface area contributed by atoms with Crippen LogP contribution >= 0.6 is 24.8 Å². The van der Waals surface area contributed by atoms with E-state index in [1.54, 1.807) is 0 Å². The summed E-state index contributed by atoms with van der Waals surface area (Å²) in [5, 5.41) is 12.9. The lowest BCUT2D eigenvalue weighted by atomic mass is 9.56. The summed E-state index contributed by atoms with van der Waals surface area (Å²) in [5.74, 6) is 0. The molecule has 5 rings (SSSR count). The van der Waals surface area contributed by atoms with E-state index in [2.05, 4.69) is 70.1 Å². The normalized spacial score (nSPS) is 30.3. The molecule has 3 heterocycles. The second-order valence-electron chi connectivity index (χ2n) is 8.95. The van der Waals surface area contributed by atoms with Gasteiger partial charge in [0.25, 0.3) is 0 Å². The number of rotatable bonds is 8. The maximum absolute atomic E-state index is 8.79. The van der Waals surface area contributed by atoms with Gasteiger partial charge in [0.1, 0.15) is 0 Å². The molecule has 1 fully saturated rings. The number of hydrogen-bond acceptors (Lipinski definition) is 6. The van der Waals surface area contributed by atoms with Crippen molar-refractivity contribution in [3.05, 3.63) is 71.8 Å². The largest absolute Gasteiger partial charge is 0.394 e. The van der Waals surface area contributed by atoms with Crippen LogP contribution in [-0.2, 0) is 9.47 Å². The molecule has 0 spiro atoms. The molecule has 34 heavy (non-hydrogen) atoms. The van der Waals surface area contributed by atoms with Crippen LogP contribution in [0.2, 0.25) is 0 Å². The van der Waals surface area contributed by atoms with Gasteiger partial charge in [-0.05, 0) is 36.8 Å². The number of halogens is 2. The Kier molecular flexibility index (Phi) is 9.38. The van der Waals surface area contributed by atoms with Crippen LogP contribution in [-0.4, -0.2) is 67.4 Å². The number of aliphatic hydroxyl groups is 1. The van der Waals surface area contributed by atoms with Crippen LogP contribution in [0.4, 0.5) is 0 Å². The molecule has 2 aliphatic carbocycles. The molecule has 3 aliphatic heterocycles. The van der Waals surface area contributed by atoms with Crippen LogP contribution in [0.1, 0.15) is 25.7 Å². The van der Waals surface area contributed by atoms with Gasteiger partial charge < -0.3 is 24.8 Å². The van der Waals surface area contributed by atoms with Crippen molar-refractivity contribution in [1.82, 2.24) is 10.2 Å². The molecule has 6 nitrogen and oxygen atoms in total. The molecule has 186 valence electrons. The summed E-state index contributed by atoms with van der Waals surface area (Å²) >= 11 is 0. The van der Waals surface area contributed by atoms with Crippen molar-refractivity contribution in [1.29, 1.82) is 0 Å². The number of ether oxygens (including phenoxy) is 2. The summed E-state index contributed by atoms with van der Waals surface area (Å²) in [5.41, 5.74) is 3.48. The van der Waals surface area contributed by atoms with Gasteiger partial charge in [-0.3, -0.25) is 4.99 Å². The Bertz CT molecular complexity index is 940. The van der Waals surface area contributed by atoms with E-state index in [0.717, 1.165) is 32.2 Å². The van der Waals surface area contributed by atoms with E-state index >= 15 is 0 Å². The molecule has 0 aromatic heterocycles. The maximum atomic E-state index is 8.79. The zero-order chi connectivity index (χ0) is 21.9. The fourth-order valence-electron chi connectivity index (χ4n) is 5.79. The Morgan fingerprint density at radius 3 is 2.79 bits per heavy atom. The van der Waals surface area contributed by atoms with Crippen molar-refractivity contribution in [3.63, 3.8) is 0 Å². The minimum atomic E-state index is -0.293. The van der Waals surface area contributed by atoms with Gasteiger partial charge in [-0.15, -0.1) is 24.8 Å². The lowest BCUT2D eigenvalue weighted by Crippen LogP contribution is -2.66. The standard InChI is InChI=1S/C26H33N3O3.2ClH/c30-14-16-32-18-17-31-15-8-22-7-11-25-9-3-4-10-26(25,28-22)23-6-2-1-5-21(23)20-29-13-12-27-19-24(25)29;;/h1,3-6,9-10,12,19-20,22,28,30H,2,7-8,11,13-18H2;2*1H. The van der Waals surface area contributed by atoms with E-state index in [1.807, 2.05) is 6.21 Å². The smallest absolute Gasteiger partial charge is 0.0777 e. The van der Waals surface area contributed by atoms with Gasteiger partial charge in [-0.2, -0.15) is 0 Å². The van der Waals surface area contributed by atoms with E-state index in [0.29, 0.717) is 32.5 Å². The van der Waals surface area contributed by atoms with Crippen molar-refractivity contribution in [2.75, 3.05) is 39.6 Å². The van der Waals surface area contributed by atoms with Gasteiger partial charge in [0.05, 0.1) is 43.9 Å². The number of aliphatic hydroxyl groups excluding tert-OH is 1. The summed E-state index contributed by atoms with van der Waals surface area (Å²) in [4.78, 5) is 6.96. The Labute approximate surface area is 214 Å². The van der Waals surface area contributed by atoms with E-state index in [4.69, 9.17) is 14.6 Å². The average molecular weight is 508 g/mol. The molecule has 8 heteroatoms. The minimum absolute atomic E-state index is 0. The van der Waals surface area contributed by atoms with Crippen LogP contribution in [0.15, 0.2) is 76.8 Å². The van der Waals surface area contributed by atoms with Crippen LogP contribution in [0.5, 0.6) is 0 Å². The second-order valence-corrected chi connectivity index (χ2v) is 8.95. The summed E-state index contributed by atoms with van der Waals surface area (Å²) in [6.07, 6.45) is 26.5. The van der Waals surface area contributed by atoms with Crippen molar-refractivity contribution in [2.24, 2.45) is 10.4 Å². The molecule has 0 aromatic rings.